The summed E-state index contributed by atoms with van der Waals surface area (Å²) in [4.78, 5) is 22.2. The van der Waals surface area contributed by atoms with Gasteiger partial charge in [0.25, 0.3) is 0 Å². The third kappa shape index (κ3) is 3.71. The van der Waals surface area contributed by atoms with E-state index in [1.165, 1.54) is 0 Å². The fourth-order valence-electron chi connectivity index (χ4n) is 2.64. The van der Waals surface area contributed by atoms with Crippen LogP contribution in [0.25, 0.3) is 0 Å². The minimum Gasteiger partial charge on any atom is -0.479 e. The molecule has 0 spiro atoms. The van der Waals surface area contributed by atoms with Crippen molar-refractivity contribution in [3.63, 3.8) is 0 Å². The molecule has 2 aromatic carbocycles. The highest BCUT2D eigenvalue weighted by Gasteiger charge is 2.47. The quantitative estimate of drug-likeness (QED) is 0.637. The molecule has 4 rings (SSSR count). The average Bonchev–Trinajstić information content (AvgIpc) is 3.46. The van der Waals surface area contributed by atoms with Gasteiger partial charge < -0.3 is 19.7 Å². The van der Waals surface area contributed by atoms with Crippen LogP contribution in [0.15, 0.2) is 60.7 Å². The monoisotopic (exact) mass is 368 g/mol. The largest absolute Gasteiger partial charge is 0.479 e. The van der Waals surface area contributed by atoms with Crippen LogP contribution in [-0.4, -0.2) is 28.3 Å². The van der Waals surface area contributed by atoms with Crippen LogP contribution >= 0.6 is 0 Å². The van der Waals surface area contributed by atoms with Gasteiger partial charge in [-0.2, -0.15) is 0 Å². The van der Waals surface area contributed by atoms with Crippen molar-refractivity contribution in [2.75, 3.05) is 0 Å². The van der Waals surface area contributed by atoms with Gasteiger partial charge in [-0.3, -0.25) is 0 Å². The number of carbonyl (C=O) groups excluding carboxylic acids is 1. The molecule has 1 aliphatic heterocycles. The number of carboxylic acid groups (broad SMARTS) is 1. The molecule has 2 N–H and O–H groups in total. The number of carboxylic acids is 1. The summed E-state index contributed by atoms with van der Waals surface area (Å²) in [6, 6.07) is 13.2. The lowest BCUT2D eigenvalue weighted by molar-refractivity contribution is -0.155. The Labute approximate surface area is 156 Å². The first-order chi connectivity index (χ1) is 12.8. The summed E-state index contributed by atoms with van der Waals surface area (Å²) in [6.07, 6.45) is 2.26. The molecule has 1 heterocycles. The summed E-state index contributed by atoms with van der Waals surface area (Å²) >= 11 is 0. The van der Waals surface area contributed by atoms with Gasteiger partial charge in [0.1, 0.15) is 17.6 Å². The fraction of sp³-hybridized carbons (Fsp3) is 0.238. The molecule has 2 aromatic rings. The third-order valence-corrected chi connectivity index (χ3v) is 4.23. The Balaban J connectivity index is 0.000000197. The molecule has 6 nitrogen and oxygen atoms in total. The van der Waals surface area contributed by atoms with Gasteiger partial charge in [0.05, 0.1) is 0 Å². The molecule has 0 bridgehead atoms. The lowest BCUT2D eigenvalue weighted by atomic mass is 9.83. The van der Waals surface area contributed by atoms with E-state index >= 15 is 0 Å². The number of fused-ring (bicyclic) bond motifs is 2. The minimum atomic E-state index is -2.06. The van der Waals surface area contributed by atoms with Gasteiger partial charge in [-0.25, -0.2) is 9.59 Å². The number of aliphatic carboxylic acids is 1. The lowest BCUT2D eigenvalue weighted by Gasteiger charge is -2.32. The van der Waals surface area contributed by atoms with Crippen LogP contribution in [0.4, 0.5) is 0 Å². The number of hydrogen-bond acceptors (Lipinski definition) is 5. The molecule has 0 radical (unpaired) electrons. The van der Waals surface area contributed by atoms with Crippen LogP contribution in [0.5, 0.6) is 11.5 Å². The van der Waals surface area contributed by atoms with E-state index in [0.717, 1.165) is 12.8 Å². The van der Waals surface area contributed by atoms with Crippen molar-refractivity contribution in [1.29, 1.82) is 0 Å². The molecule has 0 aromatic heterocycles. The van der Waals surface area contributed by atoms with E-state index in [-0.39, 0.29) is 23.2 Å². The van der Waals surface area contributed by atoms with E-state index < -0.39 is 11.6 Å². The van der Waals surface area contributed by atoms with E-state index in [1.807, 2.05) is 0 Å². The molecule has 1 fully saturated rings. The van der Waals surface area contributed by atoms with Crippen molar-refractivity contribution in [1.82, 2.24) is 0 Å². The standard InChI is InChI=1S/C14H10O4.C7H10O2/c15-13(16)14(17)9-5-1-3-7-11(9)18-12-8-4-2-6-10(12)14;1-5(2)7(8)9-6-3-4-6/h1-8,17H,(H,15,16);6H,1,3-4H2,2H3. The summed E-state index contributed by atoms with van der Waals surface area (Å²) in [7, 11) is 0. The van der Waals surface area contributed by atoms with Crippen LogP contribution in [0.3, 0.4) is 0 Å². The Morgan fingerprint density at radius 3 is 1.96 bits per heavy atom. The van der Waals surface area contributed by atoms with Gasteiger partial charge in [-0.15, -0.1) is 0 Å². The molecule has 140 valence electrons. The topological polar surface area (TPSA) is 93.1 Å². The maximum atomic E-state index is 11.5. The minimum absolute atomic E-state index is 0.203. The van der Waals surface area contributed by atoms with Crippen LogP contribution in [-0.2, 0) is 19.9 Å². The second-order valence-corrected chi connectivity index (χ2v) is 6.49. The van der Waals surface area contributed by atoms with Gasteiger partial charge in [0.15, 0.2) is 0 Å². The van der Waals surface area contributed by atoms with Gasteiger partial charge >= 0.3 is 11.9 Å². The van der Waals surface area contributed by atoms with Gasteiger partial charge in [0, 0.05) is 16.7 Å². The zero-order valence-electron chi connectivity index (χ0n) is 14.8. The summed E-state index contributed by atoms with van der Waals surface area (Å²) in [5.41, 5.74) is -1.08. The predicted molar refractivity (Wildman–Crippen MR) is 97.5 cm³/mol. The molecule has 0 atom stereocenters. The predicted octanol–water partition coefficient (Wildman–Crippen LogP) is 3.38. The van der Waals surface area contributed by atoms with E-state index in [1.54, 1.807) is 55.5 Å². The van der Waals surface area contributed by atoms with Crippen LogP contribution < -0.4 is 4.74 Å². The number of esters is 1. The maximum absolute atomic E-state index is 11.5. The number of rotatable bonds is 3. The Morgan fingerprint density at radius 2 is 1.56 bits per heavy atom. The normalized spacial score (nSPS) is 15.8. The van der Waals surface area contributed by atoms with Crippen molar-refractivity contribution in [2.45, 2.75) is 31.5 Å². The number of ether oxygens (including phenoxy) is 2. The van der Waals surface area contributed by atoms with E-state index in [9.17, 15) is 19.8 Å². The summed E-state index contributed by atoms with van der Waals surface area (Å²) in [5.74, 6) is -0.842. The Kier molecular flexibility index (Phi) is 5.01. The van der Waals surface area contributed by atoms with Crippen molar-refractivity contribution < 1.29 is 29.3 Å². The number of aliphatic hydroxyl groups is 1. The molecule has 1 aliphatic carbocycles. The molecule has 6 heteroatoms. The smallest absolute Gasteiger partial charge is 0.345 e. The summed E-state index contributed by atoms with van der Waals surface area (Å²) in [6.45, 7) is 5.12. The van der Waals surface area contributed by atoms with Crippen LogP contribution in [0, 0.1) is 0 Å². The number of carbonyl (C=O) groups is 2. The molecule has 27 heavy (non-hydrogen) atoms. The zero-order chi connectivity index (χ0) is 19.6. The van der Waals surface area contributed by atoms with Crippen LogP contribution in [0.1, 0.15) is 30.9 Å². The molecule has 1 saturated carbocycles. The van der Waals surface area contributed by atoms with Crippen molar-refractivity contribution >= 4 is 11.9 Å². The van der Waals surface area contributed by atoms with Crippen LogP contribution in [0.2, 0.25) is 0 Å². The molecule has 2 aliphatic rings. The molecular weight excluding hydrogens is 348 g/mol. The fourth-order valence-corrected chi connectivity index (χ4v) is 2.64. The highest BCUT2D eigenvalue weighted by Crippen LogP contribution is 2.46. The van der Waals surface area contributed by atoms with E-state index in [4.69, 9.17) is 9.47 Å². The van der Waals surface area contributed by atoms with Crippen molar-refractivity contribution in [3.8, 4) is 11.5 Å². The van der Waals surface area contributed by atoms with E-state index in [2.05, 4.69) is 6.58 Å². The summed E-state index contributed by atoms with van der Waals surface area (Å²) < 4.78 is 10.5. The second-order valence-electron chi connectivity index (χ2n) is 6.49. The van der Waals surface area contributed by atoms with E-state index in [0.29, 0.717) is 17.1 Å². The number of benzene rings is 2. The molecule has 0 unspecified atom stereocenters. The Hall–Kier alpha value is -3.12. The summed E-state index contributed by atoms with van der Waals surface area (Å²) in [5, 5.41) is 20.0. The Bertz CT molecular complexity index is 852. The molecular formula is C21H20O6. The number of para-hydroxylation sites is 2. The van der Waals surface area contributed by atoms with Crippen molar-refractivity contribution in [2.24, 2.45) is 0 Å². The van der Waals surface area contributed by atoms with Crippen molar-refractivity contribution in [3.05, 3.63) is 71.8 Å². The zero-order valence-corrected chi connectivity index (χ0v) is 14.8. The number of hydrogen-bond donors (Lipinski definition) is 2. The Morgan fingerprint density at radius 1 is 1.07 bits per heavy atom. The first-order valence-electron chi connectivity index (χ1n) is 8.53. The molecule has 0 amide bonds. The first-order valence-corrected chi connectivity index (χ1v) is 8.53. The van der Waals surface area contributed by atoms with Gasteiger partial charge in [0.2, 0.25) is 5.60 Å². The lowest BCUT2D eigenvalue weighted by Crippen LogP contribution is -2.39. The highest BCUT2D eigenvalue weighted by molar-refractivity contribution is 5.87. The maximum Gasteiger partial charge on any atom is 0.345 e. The third-order valence-electron chi connectivity index (χ3n) is 4.23. The van der Waals surface area contributed by atoms with Gasteiger partial charge in [-0.1, -0.05) is 43.0 Å². The first kappa shape index (κ1) is 18.7. The average molecular weight is 368 g/mol. The van der Waals surface area contributed by atoms with Gasteiger partial charge in [-0.05, 0) is 31.9 Å². The SMILES string of the molecule is C=C(C)C(=O)OC1CC1.O=C(O)C1(O)c2ccccc2Oc2ccccc21. The molecule has 0 saturated heterocycles. The highest BCUT2D eigenvalue weighted by atomic mass is 16.5. The second kappa shape index (κ2) is 7.25.